The zero-order valence-corrected chi connectivity index (χ0v) is 12.5. The highest BCUT2D eigenvalue weighted by molar-refractivity contribution is 5.81. The Balaban J connectivity index is 2.04. The molecule has 1 aromatic carbocycles. The van der Waals surface area contributed by atoms with Gasteiger partial charge in [-0.3, -0.25) is 4.79 Å². The molecule has 0 radical (unpaired) electrons. The maximum atomic E-state index is 12.8. The minimum Gasteiger partial charge on any atom is -0.354 e. The molecule has 0 heterocycles. The highest BCUT2D eigenvalue weighted by Gasteiger charge is 2.45. The molecule has 1 aliphatic carbocycles. The molecule has 0 aromatic heterocycles. The Hall–Kier alpha value is -1.56. The van der Waals surface area contributed by atoms with Gasteiger partial charge in [0.15, 0.2) is 0 Å². The van der Waals surface area contributed by atoms with Crippen LogP contribution in [0.3, 0.4) is 0 Å². The van der Waals surface area contributed by atoms with Gasteiger partial charge in [0.05, 0.1) is 11.6 Å². The Morgan fingerprint density at radius 2 is 2.09 bits per heavy atom. The molecule has 1 fully saturated rings. The molecule has 122 valence electrons. The van der Waals surface area contributed by atoms with E-state index in [1.165, 1.54) is 12.1 Å². The molecule has 0 saturated heterocycles. The van der Waals surface area contributed by atoms with Crippen LogP contribution in [-0.2, 0) is 16.4 Å². The van der Waals surface area contributed by atoms with Crippen molar-refractivity contribution in [1.29, 1.82) is 0 Å². The first kappa shape index (κ1) is 16.8. The zero-order valence-electron chi connectivity index (χ0n) is 12.5. The van der Waals surface area contributed by atoms with E-state index in [2.05, 4.69) is 5.32 Å². The minimum absolute atomic E-state index is 0.236. The van der Waals surface area contributed by atoms with Crippen molar-refractivity contribution in [2.75, 3.05) is 6.54 Å². The highest BCUT2D eigenvalue weighted by Crippen LogP contribution is 2.48. The number of carbonyl (C=O) groups excluding carboxylic acids is 1. The predicted octanol–water partition coefficient (Wildman–Crippen LogP) is 2.98. The third-order valence-corrected chi connectivity index (χ3v) is 4.19. The fraction of sp³-hybridized carbons (Fsp3) is 0.562. The number of alkyl halides is 3. The molecule has 1 atom stereocenters. The number of hydrogen-bond donors (Lipinski definition) is 2. The molecule has 3 nitrogen and oxygen atoms in total. The summed E-state index contributed by atoms with van der Waals surface area (Å²) in [7, 11) is 0. The van der Waals surface area contributed by atoms with Crippen molar-refractivity contribution in [3.05, 3.63) is 35.4 Å². The predicted molar refractivity (Wildman–Crippen MR) is 78.2 cm³/mol. The van der Waals surface area contributed by atoms with Crippen LogP contribution in [-0.4, -0.2) is 18.5 Å². The first-order valence-electron chi connectivity index (χ1n) is 7.49. The topological polar surface area (TPSA) is 55.1 Å². The van der Waals surface area contributed by atoms with Crippen molar-refractivity contribution >= 4 is 5.91 Å². The lowest BCUT2D eigenvalue weighted by Gasteiger charge is -2.19. The standard InChI is InChI=1S/C16H21F3N2O/c1-2-4-13(20)14(22)21-10-15(7-8-15)11-5-3-6-12(9-11)16(17,18)19/h3,5-6,9,13H,2,4,7-8,10,20H2,1H3,(H,21,22). The lowest BCUT2D eigenvalue weighted by Crippen LogP contribution is -2.43. The SMILES string of the molecule is CCCC(N)C(=O)NCC1(c2cccc(C(F)(F)F)c2)CC1. The third-order valence-electron chi connectivity index (χ3n) is 4.19. The molecule has 6 heteroatoms. The number of amides is 1. The average molecular weight is 314 g/mol. The molecule has 2 rings (SSSR count). The van der Waals surface area contributed by atoms with Gasteiger partial charge in [-0.05, 0) is 30.9 Å². The average Bonchev–Trinajstić information content (AvgIpc) is 3.25. The van der Waals surface area contributed by atoms with Crippen LogP contribution in [0.1, 0.15) is 43.7 Å². The maximum absolute atomic E-state index is 12.8. The zero-order chi connectivity index (χ0) is 16.4. The van der Waals surface area contributed by atoms with Gasteiger partial charge < -0.3 is 11.1 Å². The van der Waals surface area contributed by atoms with Crippen LogP contribution >= 0.6 is 0 Å². The molecule has 0 spiro atoms. The van der Waals surface area contributed by atoms with Crippen LogP contribution in [0, 0.1) is 0 Å². The van der Waals surface area contributed by atoms with Crippen LogP contribution in [0.25, 0.3) is 0 Å². The van der Waals surface area contributed by atoms with E-state index < -0.39 is 17.8 Å². The van der Waals surface area contributed by atoms with Gasteiger partial charge in [0.1, 0.15) is 0 Å². The molecule has 1 amide bonds. The Morgan fingerprint density at radius 1 is 1.41 bits per heavy atom. The van der Waals surface area contributed by atoms with Crippen LogP contribution in [0.15, 0.2) is 24.3 Å². The maximum Gasteiger partial charge on any atom is 0.416 e. The van der Waals surface area contributed by atoms with Crippen molar-refractivity contribution in [2.45, 2.75) is 50.2 Å². The van der Waals surface area contributed by atoms with E-state index in [0.717, 1.165) is 25.3 Å². The van der Waals surface area contributed by atoms with Gasteiger partial charge in [-0.15, -0.1) is 0 Å². The van der Waals surface area contributed by atoms with Gasteiger partial charge in [-0.1, -0.05) is 31.5 Å². The molecule has 1 aromatic rings. The number of rotatable bonds is 6. The number of carbonyl (C=O) groups is 1. The molecular formula is C16H21F3N2O. The first-order chi connectivity index (χ1) is 10.3. The summed E-state index contributed by atoms with van der Waals surface area (Å²) in [6.07, 6.45) is -1.39. The number of nitrogens with one attached hydrogen (secondary N) is 1. The molecule has 1 aliphatic rings. The molecule has 0 bridgehead atoms. The van der Waals surface area contributed by atoms with Crippen LogP contribution in [0.5, 0.6) is 0 Å². The Morgan fingerprint density at radius 3 is 2.64 bits per heavy atom. The lowest BCUT2D eigenvalue weighted by atomic mass is 9.94. The molecule has 1 unspecified atom stereocenters. The minimum atomic E-state index is -4.35. The number of benzene rings is 1. The van der Waals surface area contributed by atoms with E-state index in [1.54, 1.807) is 6.07 Å². The van der Waals surface area contributed by atoms with Crippen molar-refractivity contribution in [3.63, 3.8) is 0 Å². The largest absolute Gasteiger partial charge is 0.416 e. The van der Waals surface area contributed by atoms with Gasteiger partial charge in [0.2, 0.25) is 5.91 Å². The van der Waals surface area contributed by atoms with Gasteiger partial charge in [-0.25, -0.2) is 0 Å². The summed E-state index contributed by atoms with van der Waals surface area (Å²) in [6, 6.07) is 4.81. The summed E-state index contributed by atoms with van der Waals surface area (Å²) in [5, 5.41) is 2.78. The summed E-state index contributed by atoms with van der Waals surface area (Å²) in [4.78, 5) is 11.8. The number of nitrogens with two attached hydrogens (primary N) is 1. The van der Waals surface area contributed by atoms with Crippen molar-refractivity contribution in [1.82, 2.24) is 5.32 Å². The normalized spacial score (nSPS) is 17.9. The molecule has 0 aliphatic heterocycles. The number of hydrogen-bond acceptors (Lipinski definition) is 2. The van der Waals surface area contributed by atoms with E-state index in [-0.39, 0.29) is 11.3 Å². The fourth-order valence-electron chi connectivity index (χ4n) is 2.57. The van der Waals surface area contributed by atoms with E-state index in [9.17, 15) is 18.0 Å². The van der Waals surface area contributed by atoms with Crippen LogP contribution in [0.2, 0.25) is 0 Å². The third kappa shape index (κ3) is 3.80. The van der Waals surface area contributed by atoms with E-state index in [0.29, 0.717) is 18.5 Å². The van der Waals surface area contributed by atoms with Crippen molar-refractivity contribution < 1.29 is 18.0 Å². The van der Waals surface area contributed by atoms with Crippen molar-refractivity contribution in [3.8, 4) is 0 Å². The smallest absolute Gasteiger partial charge is 0.354 e. The Labute approximate surface area is 128 Å². The second-order valence-corrected chi connectivity index (χ2v) is 5.97. The highest BCUT2D eigenvalue weighted by atomic mass is 19.4. The summed E-state index contributed by atoms with van der Waals surface area (Å²) in [6.45, 7) is 2.28. The molecular weight excluding hydrogens is 293 g/mol. The summed E-state index contributed by atoms with van der Waals surface area (Å²) < 4.78 is 38.4. The van der Waals surface area contributed by atoms with Gasteiger partial charge in [-0.2, -0.15) is 13.2 Å². The van der Waals surface area contributed by atoms with Crippen LogP contribution in [0.4, 0.5) is 13.2 Å². The first-order valence-corrected chi connectivity index (χ1v) is 7.49. The number of halogens is 3. The van der Waals surface area contributed by atoms with E-state index in [4.69, 9.17) is 5.73 Å². The second-order valence-electron chi connectivity index (χ2n) is 5.97. The lowest BCUT2D eigenvalue weighted by molar-refractivity contribution is -0.137. The van der Waals surface area contributed by atoms with Crippen molar-refractivity contribution in [2.24, 2.45) is 5.73 Å². The second kappa shape index (κ2) is 6.28. The fourth-order valence-corrected chi connectivity index (χ4v) is 2.57. The summed E-state index contributed by atoms with van der Waals surface area (Å²) in [5.74, 6) is -0.236. The van der Waals surface area contributed by atoms with Gasteiger partial charge in [0.25, 0.3) is 0 Å². The Bertz CT molecular complexity index is 538. The van der Waals surface area contributed by atoms with E-state index >= 15 is 0 Å². The summed E-state index contributed by atoms with van der Waals surface area (Å²) >= 11 is 0. The molecule has 1 saturated carbocycles. The molecule has 22 heavy (non-hydrogen) atoms. The van der Waals surface area contributed by atoms with E-state index in [1.807, 2.05) is 6.92 Å². The van der Waals surface area contributed by atoms with Gasteiger partial charge >= 0.3 is 6.18 Å². The van der Waals surface area contributed by atoms with Gasteiger partial charge in [0, 0.05) is 12.0 Å². The molecule has 3 N–H and O–H groups in total. The quantitative estimate of drug-likeness (QED) is 0.848. The monoisotopic (exact) mass is 314 g/mol. The van der Waals surface area contributed by atoms with Crippen LogP contribution < -0.4 is 11.1 Å². The Kier molecular flexibility index (Phi) is 4.80. The summed E-state index contributed by atoms with van der Waals surface area (Å²) in [5.41, 5.74) is 5.35.